The molecule has 0 radical (unpaired) electrons. The summed E-state index contributed by atoms with van der Waals surface area (Å²) in [6.07, 6.45) is 0. The van der Waals surface area contributed by atoms with Gasteiger partial charge >= 0.3 is 11.3 Å². The predicted molar refractivity (Wildman–Crippen MR) is 69.4 cm³/mol. The molecule has 2 N–H and O–H groups in total. The number of aromatic hydroxyl groups is 2. The van der Waals surface area contributed by atoms with Crippen LogP contribution in [0.2, 0.25) is 0 Å². The predicted octanol–water partition coefficient (Wildman–Crippen LogP) is 3.79. The van der Waals surface area contributed by atoms with E-state index in [0.717, 1.165) is 5.56 Å². The Bertz CT molecular complexity index is 703. The molecule has 0 fully saturated rings. The Morgan fingerprint density at radius 2 is 1.56 bits per heavy atom. The van der Waals surface area contributed by atoms with Gasteiger partial charge in [0.15, 0.2) is 0 Å². The third-order valence-corrected chi connectivity index (χ3v) is 2.82. The summed E-state index contributed by atoms with van der Waals surface area (Å²) >= 11 is 0. The van der Waals surface area contributed by atoms with Crippen molar-refractivity contribution in [2.45, 2.75) is 0 Å². The Kier molecular flexibility index (Phi) is 2.38. The molecule has 3 aromatic rings. The molecular formula is C15H11O3+. The Labute approximate surface area is 104 Å². The zero-order valence-corrected chi connectivity index (χ0v) is 9.50. The van der Waals surface area contributed by atoms with Gasteiger partial charge in [-0.05, 0) is 42.5 Å². The molecule has 1 aromatic heterocycles. The van der Waals surface area contributed by atoms with Gasteiger partial charge < -0.3 is 10.2 Å². The summed E-state index contributed by atoms with van der Waals surface area (Å²) in [5, 5.41) is 19.6. The van der Waals surface area contributed by atoms with E-state index in [1.54, 1.807) is 48.5 Å². The lowest BCUT2D eigenvalue weighted by molar-refractivity contribution is 0.475. The minimum absolute atomic E-state index is 0.202. The van der Waals surface area contributed by atoms with Gasteiger partial charge in [0.1, 0.15) is 16.9 Å². The molecule has 0 bridgehead atoms. The molecule has 0 spiro atoms. The molecule has 0 aliphatic heterocycles. The fraction of sp³-hybridized carbons (Fsp3) is 0. The maximum Gasteiger partial charge on any atom is 0.364 e. The van der Waals surface area contributed by atoms with Crippen LogP contribution in [0.5, 0.6) is 11.5 Å². The summed E-state index contributed by atoms with van der Waals surface area (Å²) < 4.78 is 5.73. The van der Waals surface area contributed by atoms with Gasteiger partial charge in [-0.1, -0.05) is 0 Å². The van der Waals surface area contributed by atoms with Crippen molar-refractivity contribution >= 4 is 11.0 Å². The first kappa shape index (κ1) is 10.6. The second kappa shape index (κ2) is 4.04. The Hall–Kier alpha value is -2.55. The van der Waals surface area contributed by atoms with E-state index in [-0.39, 0.29) is 11.5 Å². The van der Waals surface area contributed by atoms with Crippen LogP contribution in [0.25, 0.3) is 22.3 Å². The molecular weight excluding hydrogens is 228 g/mol. The molecule has 0 unspecified atom stereocenters. The van der Waals surface area contributed by atoms with Crippen molar-refractivity contribution < 1.29 is 14.6 Å². The fourth-order valence-corrected chi connectivity index (χ4v) is 1.88. The van der Waals surface area contributed by atoms with E-state index >= 15 is 0 Å². The van der Waals surface area contributed by atoms with Crippen molar-refractivity contribution in [1.82, 2.24) is 0 Å². The van der Waals surface area contributed by atoms with E-state index in [4.69, 9.17) is 4.42 Å². The Balaban J connectivity index is 2.16. The highest BCUT2D eigenvalue weighted by molar-refractivity contribution is 5.84. The van der Waals surface area contributed by atoms with Gasteiger partial charge in [-0.25, -0.2) is 4.42 Å². The van der Waals surface area contributed by atoms with Crippen LogP contribution in [0.15, 0.2) is 59.0 Å². The first-order chi connectivity index (χ1) is 8.74. The van der Waals surface area contributed by atoms with E-state index in [9.17, 15) is 10.2 Å². The second-order valence-corrected chi connectivity index (χ2v) is 4.04. The average Bonchev–Trinajstić information content (AvgIpc) is 2.39. The topological polar surface area (TPSA) is 51.8 Å². The molecule has 18 heavy (non-hydrogen) atoms. The van der Waals surface area contributed by atoms with Crippen molar-refractivity contribution in [3.05, 3.63) is 54.6 Å². The van der Waals surface area contributed by atoms with Crippen molar-refractivity contribution in [1.29, 1.82) is 0 Å². The maximum atomic E-state index is 9.68. The highest BCUT2D eigenvalue weighted by Gasteiger charge is 2.15. The first-order valence-corrected chi connectivity index (χ1v) is 5.58. The number of phenols is 2. The monoisotopic (exact) mass is 239 g/mol. The number of hydrogen-bond acceptors (Lipinski definition) is 2. The van der Waals surface area contributed by atoms with Crippen molar-refractivity contribution in [3.63, 3.8) is 0 Å². The van der Waals surface area contributed by atoms with E-state index in [2.05, 4.69) is 0 Å². The Morgan fingerprint density at radius 1 is 0.778 bits per heavy atom. The molecule has 0 saturated carbocycles. The smallest absolute Gasteiger partial charge is 0.364 e. The molecule has 88 valence electrons. The minimum atomic E-state index is 0.202. The largest absolute Gasteiger partial charge is 0.508 e. The molecule has 0 aliphatic rings. The van der Waals surface area contributed by atoms with E-state index in [0.29, 0.717) is 16.7 Å². The third-order valence-electron chi connectivity index (χ3n) is 2.82. The molecule has 3 rings (SSSR count). The van der Waals surface area contributed by atoms with Gasteiger partial charge in [0.2, 0.25) is 0 Å². The summed E-state index contributed by atoms with van der Waals surface area (Å²) in [5.41, 5.74) is 1.50. The van der Waals surface area contributed by atoms with Crippen LogP contribution in [0.3, 0.4) is 0 Å². The summed E-state index contributed by atoms with van der Waals surface area (Å²) in [4.78, 5) is 0. The van der Waals surface area contributed by atoms with Crippen molar-refractivity contribution in [3.8, 4) is 22.8 Å². The quantitative estimate of drug-likeness (QED) is 0.635. The number of fused-ring (bicyclic) bond motifs is 1. The van der Waals surface area contributed by atoms with Gasteiger partial charge in [-0.3, -0.25) is 0 Å². The number of hydrogen-bond donors (Lipinski definition) is 2. The summed E-state index contributed by atoms with van der Waals surface area (Å²) in [6, 6.07) is 15.6. The van der Waals surface area contributed by atoms with Gasteiger partial charge in [-0.15, -0.1) is 0 Å². The van der Waals surface area contributed by atoms with E-state index < -0.39 is 0 Å². The SMILES string of the molecule is Oc1ccc(-c2ccc3c(O)cccc3[o+]2)cc1. The lowest BCUT2D eigenvalue weighted by Crippen LogP contribution is -1.79. The molecule has 1 heterocycles. The minimum Gasteiger partial charge on any atom is -0.508 e. The van der Waals surface area contributed by atoms with Crippen molar-refractivity contribution in [2.24, 2.45) is 0 Å². The van der Waals surface area contributed by atoms with Crippen LogP contribution >= 0.6 is 0 Å². The molecule has 2 aromatic carbocycles. The van der Waals surface area contributed by atoms with Crippen LogP contribution in [0.1, 0.15) is 0 Å². The molecule has 0 atom stereocenters. The van der Waals surface area contributed by atoms with Crippen LogP contribution in [0, 0.1) is 0 Å². The highest BCUT2D eigenvalue weighted by atomic mass is 16.3. The second-order valence-electron chi connectivity index (χ2n) is 4.04. The van der Waals surface area contributed by atoms with Crippen LogP contribution in [-0.4, -0.2) is 10.2 Å². The lowest BCUT2D eigenvalue weighted by atomic mass is 10.1. The zero-order chi connectivity index (χ0) is 12.5. The molecule has 3 heteroatoms. The first-order valence-electron chi connectivity index (χ1n) is 5.58. The van der Waals surface area contributed by atoms with Crippen molar-refractivity contribution in [2.75, 3.05) is 0 Å². The standard InChI is InChI=1S/C15H10O3/c16-11-6-4-10(5-7-11)14-9-8-12-13(17)2-1-3-15(12)18-14/h1-9H,(H-,16,17)/p+1. The summed E-state index contributed by atoms with van der Waals surface area (Å²) in [7, 11) is 0. The normalized spacial score (nSPS) is 10.7. The summed E-state index contributed by atoms with van der Waals surface area (Å²) in [5.74, 6) is 1.11. The Morgan fingerprint density at radius 3 is 2.33 bits per heavy atom. The molecule has 0 saturated heterocycles. The number of phenolic OH excluding ortho intramolecular Hbond substituents is 2. The molecule has 0 aliphatic carbocycles. The average molecular weight is 239 g/mol. The van der Waals surface area contributed by atoms with Gasteiger partial charge in [0.05, 0.1) is 5.56 Å². The zero-order valence-electron chi connectivity index (χ0n) is 9.50. The van der Waals surface area contributed by atoms with E-state index in [1.165, 1.54) is 0 Å². The van der Waals surface area contributed by atoms with Crippen LogP contribution < -0.4 is 0 Å². The summed E-state index contributed by atoms with van der Waals surface area (Å²) in [6.45, 7) is 0. The van der Waals surface area contributed by atoms with E-state index in [1.807, 2.05) is 6.07 Å². The lowest BCUT2D eigenvalue weighted by Gasteiger charge is -1.95. The van der Waals surface area contributed by atoms with Gasteiger partial charge in [0.25, 0.3) is 0 Å². The van der Waals surface area contributed by atoms with Crippen LogP contribution in [0.4, 0.5) is 0 Å². The number of rotatable bonds is 1. The van der Waals surface area contributed by atoms with Crippen LogP contribution in [-0.2, 0) is 0 Å². The fourth-order valence-electron chi connectivity index (χ4n) is 1.88. The van der Waals surface area contributed by atoms with Gasteiger partial charge in [-0.2, -0.15) is 0 Å². The molecule has 3 nitrogen and oxygen atoms in total. The maximum absolute atomic E-state index is 9.68. The van der Waals surface area contributed by atoms with Gasteiger partial charge in [0, 0.05) is 12.1 Å². The molecule has 0 amide bonds. The third kappa shape index (κ3) is 1.76. The highest BCUT2D eigenvalue weighted by Crippen LogP contribution is 2.29. The number of benzene rings is 2.